The summed E-state index contributed by atoms with van der Waals surface area (Å²) < 4.78 is 5.37. The molecule has 0 aliphatic carbocycles. The van der Waals surface area contributed by atoms with Gasteiger partial charge in [-0.15, -0.1) is 0 Å². The summed E-state index contributed by atoms with van der Waals surface area (Å²) in [5.74, 6) is 1.02. The first-order valence-corrected chi connectivity index (χ1v) is 13.3. The molecular formula is C30H32N6O2. The predicted molar refractivity (Wildman–Crippen MR) is 149 cm³/mol. The fourth-order valence-electron chi connectivity index (χ4n) is 5.17. The van der Waals surface area contributed by atoms with Gasteiger partial charge in [-0.25, -0.2) is 4.98 Å². The Labute approximate surface area is 222 Å². The van der Waals surface area contributed by atoms with Gasteiger partial charge in [0, 0.05) is 69.9 Å². The zero-order chi connectivity index (χ0) is 25.7. The molecule has 6 rings (SSSR count). The van der Waals surface area contributed by atoms with Gasteiger partial charge in [0.05, 0.1) is 17.2 Å². The smallest absolute Gasteiger partial charge is 0.227 e. The van der Waals surface area contributed by atoms with E-state index in [0.717, 1.165) is 79.2 Å². The van der Waals surface area contributed by atoms with Crippen LogP contribution in [0.4, 0.5) is 11.5 Å². The van der Waals surface area contributed by atoms with Crippen LogP contribution in [0.25, 0.3) is 22.2 Å². The van der Waals surface area contributed by atoms with Crippen LogP contribution in [-0.2, 0) is 16.1 Å². The molecule has 2 fully saturated rings. The second kappa shape index (κ2) is 11.2. The number of pyridine rings is 1. The molecule has 194 valence electrons. The van der Waals surface area contributed by atoms with Crippen molar-refractivity contribution >= 4 is 28.4 Å². The zero-order valence-corrected chi connectivity index (χ0v) is 21.4. The summed E-state index contributed by atoms with van der Waals surface area (Å²) in [6.45, 7) is 6.03. The second-order valence-corrected chi connectivity index (χ2v) is 10.0. The summed E-state index contributed by atoms with van der Waals surface area (Å²) in [7, 11) is 0. The lowest BCUT2D eigenvalue weighted by atomic mass is 9.99. The number of fused-ring (bicyclic) bond motifs is 1. The molecule has 2 aromatic carbocycles. The molecule has 0 radical (unpaired) electrons. The highest BCUT2D eigenvalue weighted by Gasteiger charge is 2.22. The van der Waals surface area contributed by atoms with Crippen LogP contribution in [0, 0.1) is 5.92 Å². The molecule has 0 atom stereocenters. The number of hydrogen-bond donors (Lipinski definition) is 1. The number of amides is 1. The minimum atomic E-state index is 0.0285. The van der Waals surface area contributed by atoms with Gasteiger partial charge in [0.25, 0.3) is 0 Å². The first kappa shape index (κ1) is 24.5. The van der Waals surface area contributed by atoms with Gasteiger partial charge in [-0.3, -0.25) is 19.7 Å². The van der Waals surface area contributed by atoms with Crippen LogP contribution >= 0.6 is 0 Å². The molecule has 38 heavy (non-hydrogen) atoms. The SMILES string of the molecule is O=C(Nc1ccc(-c2ccc3ncc(N4CCN(Cc5cccnc5)CC4)nc3c2)cc1)C1CCOCC1. The molecule has 0 spiro atoms. The summed E-state index contributed by atoms with van der Waals surface area (Å²) in [6, 6.07) is 18.3. The van der Waals surface area contributed by atoms with Crippen LogP contribution in [0.5, 0.6) is 0 Å². The molecule has 4 aromatic rings. The average Bonchev–Trinajstić information content (AvgIpc) is 2.98. The van der Waals surface area contributed by atoms with Crippen molar-refractivity contribution < 1.29 is 9.53 Å². The van der Waals surface area contributed by atoms with Gasteiger partial charge in [-0.05, 0) is 59.9 Å². The molecule has 4 heterocycles. The number of benzene rings is 2. The quantitative estimate of drug-likeness (QED) is 0.414. The minimum absolute atomic E-state index is 0.0285. The first-order chi connectivity index (χ1) is 18.7. The maximum atomic E-state index is 12.5. The Kier molecular flexibility index (Phi) is 7.24. The van der Waals surface area contributed by atoms with Crippen LogP contribution in [0.2, 0.25) is 0 Å². The Balaban J connectivity index is 1.11. The molecule has 1 amide bonds. The Morgan fingerprint density at radius 1 is 0.921 bits per heavy atom. The van der Waals surface area contributed by atoms with Crippen molar-refractivity contribution in [3.63, 3.8) is 0 Å². The molecule has 0 bridgehead atoms. The molecule has 2 aliphatic rings. The van der Waals surface area contributed by atoms with Gasteiger partial charge in [0.15, 0.2) is 0 Å². The van der Waals surface area contributed by atoms with Gasteiger partial charge < -0.3 is 15.0 Å². The molecule has 1 N–H and O–H groups in total. The molecular weight excluding hydrogens is 476 g/mol. The van der Waals surface area contributed by atoms with Crippen LogP contribution in [-0.4, -0.2) is 65.2 Å². The normalized spacial score (nSPS) is 17.0. The lowest BCUT2D eigenvalue weighted by Gasteiger charge is -2.35. The van der Waals surface area contributed by atoms with E-state index in [1.54, 1.807) is 0 Å². The average molecular weight is 509 g/mol. The number of ether oxygens (including phenoxy) is 1. The van der Waals surface area contributed by atoms with E-state index in [1.807, 2.05) is 55.0 Å². The Morgan fingerprint density at radius 3 is 2.47 bits per heavy atom. The van der Waals surface area contributed by atoms with E-state index in [-0.39, 0.29) is 11.8 Å². The van der Waals surface area contributed by atoms with Crippen LogP contribution < -0.4 is 10.2 Å². The van der Waals surface area contributed by atoms with E-state index in [9.17, 15) is 4.79 Å². The Morgan fingerprint density at radius 2 is 1.71 bits per heavy atom. The number of carbonyl (C=O) groups excluding carboxylic acids is 1. The van der Waals surface area contributed by atoms with Crippen molar-refractivity contribution in [3.05, 3.63) is 78.8 Å². The third kappa shape index (κ3) is 5.66. The maximum absolute atomic E-state index is 12.5. The molecule has 2 aliphatic heterocycles. The number of aromatic nitrogens is 3. The lowest BCUT2D eigenvalue weighted by Crippen LogP contribution is -2.46. The summed E-state index contributed by atoms with van der Waals surface area (Å²) in [6.07, 6.45) is 7.20. The van der Waals surface area contributed by atoms with E-state index in [0.29, 0.717) is 13.2 Å². The largest absolute Gasteiger partial charge is 0.381 e. The van der Waals surface area contributed by atoms with E-state index in [4.69, 9.17) is 9.72 Å². The monoisotopic (exact) mass is 508 g/mol. The van der Waals surface area contributed by atoms with Gasteiger partial charge in [0.1, 0.15) is 5.82 Å². The van der Waals surface area contributed by atoms with E-state index >= 15 is 0 Å². The van der Waals surface area contributed by atoms with Gasteiger partial charge in [-0.1, -0.05) is 24.3 Å². The Bertz CT molecular complexity index is 1380. The maximum Gasteiger partial charge on any atom is 0.227 e. The number of hydrogen-bond acceptors (Lipinski definition) is 7. The summed E-state index contributed by atoms with van der Waals surface area (Å²) >= 11 is 0. The number of rotatable bonds is 6. The number of nitrogens with zero attached hydrogens (tertiary/aromatic N) is 5. The minimum Gasteiger partial charge on any atom is -0.381 e. The van der Waals surface area contributed by atoms with Crippen molar-refractivity contribution in [2.45, 2.75) is 19.4 Å². The molecule has 0 saturated carbocycles. The number of anilines is 2. The van der Waals surface area contributed by atoms with Gasteiger partial charge in [0.2, 0.25) is 5.91 Å². The molecule has 2 aromatic heterocycles. The van der Waals surface area contributed by atoms with Crippen molar-refractivity contribution in [1.82, 2.24) is 19.9 Å². The van der Waals surface area contributed by atoms with Crippen molar-refractivity contribution in [2.75, 3.05) is 49.6 Å². The van der Waals surface area contributed by atoms with E-state index in [2.05, 4.69) is 43.3 Å². The number of piperazine rings is 1. The summed E-state index contributed by atoms with van der Waals surface area (Å²) in [5.41, 5.74) is 5.98. The standard InChI is InChI=1S/C30H32N6O2/c37-30(24-9-16-38-17-10-24)33-26-6-3-23(4-7-26)25-5-8-27-28(18-25)34-29(20-32-27)36-14-12-35(13-15-36)21-22-2-1-11-31-19-22/h1-8,11,18-20,24H,9-10,12-17,21H2,(H,33,37). The van der Waals surface area contributed by atoms with Crippen LogP contribution in [0.15, 0.2) is 73.2 Å². The first-order valence-electron chi connectivity index (χ1n) is 13.3. The topological polar surface area (TPSA) is 83.5 Å². The number of nitrogens with one attached hydrogen (secondary N) is 1. The highest BCUT2D eigenvalue weighted by atomic mass is 16.5. The highest BCUT2D eigenvalue weighted by molar-refractivity contribution is 5.93. The van der Waals surface area contributed by atoms with E-state index < -0.39 is 0 Å². The van der Waals surface area contributed by atoms with Crippen LogP contribution in [0.1, 0.15) is 18.4 Å². The van der Waals surface area contributed by atoms with Crippen molar-refractivity contribution in [2.24, 2.45) is 5.92 Å². The molecule has 8 heteroatoms. The highest BCUT2D eigenvalue weighted by Crippen LogP contribution is 2.26. The molecule has 8 nitrogen and oxygen atoms in total. The Hall–Kier alpha value is -3.88. The zero-order valence-electron chi connectivity index (χ0n) is 21.4. The fourth-order valence-corrected chi connectivity index (χ4v) is 5.17. The third-order valence-electron chi connectivity index (χ3n) is 7.43. The molecule has 2 saturated heterocycles. The predicted octanol–water partition coefficient (Wildman–Crippen LogP) is 4.38. The summed E-state index contributed by atoms with van der Waals surface area (Å²) in [4.78, 5) is 31.2. The van der Waals surface area contributed by atoms with Crippen LogP contribution in [0.3, 0.4) is 0 Å². The fraction of sp³-hybridized carbons (Fsp3) is 0.333. The summed E-state index contributed by atoms with van der Waals surface area (Å²) in [5, 5.41) is 3.05. The molecule has 0 unspecified atom stereocenters. The van der Waals surface area contributed by atoms with Gasteiger partial charge >= 0.3 is 0 Å². The van der Waals surface area contributed by atoms with Gasteiger partial charge in [-0.2, -0.15) is 0 Å². The van der Waals surface area contributed by atoms with Crippen molar-refractivity contribution in [3.8, 4) is 11.1 Å². The van der Waals surface area contributed by atoms with E-state index in [1.165, 1.54) is 5.56 Å². The lowest BCUT2D eigenvalue weighted by molar-refractivity contribution is -0.122. The number of carbonyl (C=O) groups is 1. The van der Waals surface area contributed by atoms with Crippen molar-refractivity contribution in [1.29, 1.82) is 0 Å². The third-order valence-corrected chi connectivity index (χ3v) is 7.43. The second-order valence-electron chi connectivity index (χ2n) is 10.0.